The minimum atomic E-state index is -0.355. The van der Waals surface area contributed by atoms with Gasteiger partial charge in [0.05, 0.1) is 26.4 Å². The minimum absolute atomic E-state index is 0.288. The second-order valence-electron chi connectivity index (χ2n) is 7.85. The van der Waals surface area contributed by atoms with Crippen molar-refractivity contribution in [2.24, 2.45) is 0 Å². The molecule has 7 heteroatoms. The molecule has 3 rings (SSSR count). The van der Waals surface area contributed by atoms with Gasteiger partial charge >= 0.3 is 0 Å². The van der Waals surface area contributed by atoms with Gasteiger partial charge < -0.3 is 14.2 Å². The molecule has 1 aliphatic rings. The van der Waals surface area contributed by atoms with Gasteiger partial charge in [0.25, 0.3) is 0 Å². The summed E-state index contributed by atoms with van der Waals surface area (Å²) in [5, 5.41) is 0. The van der Waals surface area contributed by atoms with E-state index in [1.165, 1.54) is 24.3 Å². The summed E-state index contributed by atoms with van der Waals surface area (Å²) in [6, 6.07) is 12.6. The summed E-state index contributed by atoms with van der Waals surface area (Å²) in [5.41, 5.74) is 1.71. The first kappa shape index (κ1) is 24.7. The number of piperazine rings is 1. The second kappa shape index (κ2) is 13.6. The summed E-state index contributed by atoms with van der Waals surface area (Å²) < 4.78 is 43.8. The zero-order valence-electron chi connectivity index (χ0n) is 18.8. The third kappa shape index (κ3) is 8.22. The van der Waals surface area contributed by atoms with Crippen molar-refractivity contribution in [1.29, 1.82) is 0 Å². The molecule has 0 spiro atoms. The fourth-order valence-corrected chi connectivity index (χ4v) is 3.75. The molecule has 2 aromatic carbocycles. The van der Waals surface area contributed by atoms with Gasteiger partial charge in [-0.3, -0.25) is 9.80 Å². The molecule has 0 N–H and O–H groups in total. The number of benzene rings is 2. The molecule has 1 heterocycles. The molecule has 32 heavy (non-hydrogen) atoms. The van der Waals surface area contributed by atoms with Crippen molar-refractivity contribution in [3.8, 4) is 0 Å². The van der Waals surface area contributed by atoms with Crippen LogP contribution in [0.25, 0.3) is 0 Å². The summed E-state index contributed by atoms with van der Waals surface area (Å²) in [7, 11) is 0. The topological polar surface area (TPSA) is 34.2 Å². The zero-order chi connectivity index (χ0) is 22.6. The largest absolute Gasteiger partial charge is 0.379 e. The van der Waals surface area contributed by atoms with E-state index in [2.05, 4.69) is 9.80 Å². The first-order chi connectivity index (χ1) is 15.7. The van der Waals surface area contributed by atoms with Gasteiger partial charge in [-0.05, 0) is 42.3 Å². The molecule has 0 atom stereocenters. The predicted molar refractivity (Wildman–Crippen MR) is 121 cm³/mol. The van der Waals surface area contributed by atoms with Crippen molar-refractivity contribution < 1.29 is 23.0 Å². The van der Waals surface area contributed by atoms with E-state index in [0.717, 1.165) is 63.6 Å². The summed E-state index contributed by atoms with van der Waals surface area (Å²) in [6.07, 6.45) is -0.355. The van der Waals surface area contributed by atoms with Gasteiger partial charge in [-0.1, -0.05) is 24.3 Å². The fourth-order valence-electron chi connectivity index (χ4n) is 3.75. The molecule has 0 unspecified atom stereocenters. The Morgan fingerprint density at radius 2 is 1.16 bits per heavy atom. The van der Waals surface area contributed by atoms with Crippen LogP contribution in [-0.2, 0) is 14.2 Å². The minimum Gasteiger partial charge on any atom is -0.379 e. The Hall–Kier alpha value is -1.90. The van der Waals surface area contributed by atoms with Crippen LogP contribution in [0.3, 0.4) is 0 Å². The lowest BCUT2D eigenvalue weighted by atomic mass is 10.0. The van der Waals surface area contributed by atoms with Crippen molar-refractivity contribution in [2.75, 3.05) is 72.3 Å². The van der Waals surface area contributed by atoms with Gasteiger partial charge in [0.2, 0.25) is 0 Å². The van der Waals surface area contributed by atoms with Crippen LogP contribution in [0.4, 0.5) is 8.78 Å². The summed E-state index contributed by atoms with van der Waals surface area (Å²) in [4.78, 5) is 4.80. The maximum absolute atomic E-state index is 13.4. The van der Waals surface area contributed by atoms with Gasteiger partial charge in [-0.15, -0.1) is 0 Å². The molecule has 0 amide bonds. The van der Waals surface area contributed by atoms with Crippen LogP contribution in [0.1, 0.15) is 24.2 Å². The van der Waals surface area contributed by atoms with Crippen LogP contribution in [0.5, 0.6) is 0 Å². The average molecular weight is 449 g/mol. The Morgan fingerprint density at radius 1 is 0.688 bits per heavy atom. The third-order valence-electron chi connectivity index (χ3n) is 5.63. The van der Waals surface area contributed by atoms with E-state index in [1.54, 1.807) is 24.3 Å². The lowest BCUT2D eigenvalue weighted by Gasteiger charge is -2.34. The Kier molecular flexibility index (Phi) is 10.5. The fraction of sp³-hybridized carbons (Fsp3) is 0.520. The lowest BCUT2D eigenvalue weighted by molar-refractivity contribution is 0.0257. The smallest absolute Gasteiger partial charge is 0.123 e. The van der Waals surface area contributed by atoms with Crippen LogP contribution in [0.2, 0.25) is 0 Å². The van der Waals surface area contributed by atoms with Crippen molar-refractivity contribution >= 4 is 0 Å². The maximum Gasteiger partial charge on any atom is 0.123 e. The highest BCUT2D eigenvalue weighted by Gasteiger charge is 2.19. The van der Waals surface area contributed by atoms with Crippen LogP contribution in [-0.4, -0.2) is 82.1 Å². The number of hydrogen-bond donors (Lipinski definition) is 0. The number of rotatable bonds is 13. The second-order valence-corrected chi connectivity index (χ2v) is 7.85. The molecule has 0 aliphatic carbocycles. The van der Waals surface area contributed by atoms with E-state index >= 15 is 0 Å². The molecular formula is C25H34F2N2O3. The third-order valence-corrected chi connectivity index (χ3v) is 5.63. The summed E-state index contributed by atoms with van der Waals surface area (Å²) in [6.45, 7) is 11.0. The number of halogens is 2. The number of hydrogen-bond acceptors (Lipinski definition) is 5. The van der Waals surface area contributed by atoms with E-state index in [0.29, 0.717) is 19.8 Å². The Balaban J connectivity index is 1.41. The lowest BCUT2D eigenvalue weighted by Crippen LogP contribution is -2.48. The molecule has 5 nitrogen and oxygen atoms in total. The predicted octanol–water partition coefficient (Wildman–Crippen LogP) is 3.74. The normalized spacial score (nSPS) is 15.5. The van der Waals surface area contributed by atoms with Crippen molar-refractivity contribution in [2.45, 2.75) is 13.0 Å². The standard InChI is InChI=1S/C25H34F2N2O3/c1-2-30-19-20-31-17-15-28-11-13-29(14-12-28)16-18-32-25(21-3-7-23(26)8-4-21)22-5-9-24(27)10-6-22/h3-10,25H,2,11-20H2,1H3. The van der Waals surface area contributed by atoms with Gasteiger partial charge in [0.1, 0.15) is 17.7 Å². The highest BCUT2D eigenvalue weighted by molar-refractivity contribution is 5.30. The molecule has 176 valence electrons. The quantitative estimate of drug-likeness (QED) is 0.436. The molecule has 1 aliphatic heterocycles. The highest BCUT2D eigenvalue weighted by atomic mass is 19.1. The zero-order valence-corrected chi connectivity index (χ0v) is 18.8. The molecule has 1 fully saturated rings. The monoisotopic (exact) mass is 448 g/mol. The SMILES string of the molecule is CCOCCOCCN1CCN(CCOC(c2ccc(F)cc2)c2ccc(F)cc2)CC1. The van der Waals surface area contributed by atoms with E-state index < -0.39 is 0 Å². The summed E-state index contributed by atoms with van der Waals surface area (Å²) in [5.74, 6) is -0.576. The Bertz CT molecular complexity index is 720. The van der Waals surface area contributed by atoms with Gasteiger partial charge in [-0.2, -0.15) is 0 Å². The van der Waals surface area contributed by atoms with E-state index in [-0.39, 0.29) is 17.7 Å². The van der Waals surface area contributed by atoms with E-state index in [1.807, 2.05) is 6.92 Å². The molecule has 0 aromatic heterocycles. The van der Waals surface area contributed by atoms with Gasteiger partial charge in [0, 0.05) is 45.9 Å². The summed E-state index contributed by atoms with van der Waals surface area (Å²) >= 11 is 0. The maximum atomic E-state index is 13.4. The van der Waals surface area contributed by atoms with Gasteiger partial charge in [-0.25, -0.2) is 8.78 Å². The van der Waals surface area contributed by atoms with Crippen LogP contribution >= 0.6 is 0 Å². The van der Waals surface area contributed by atoms with Gasteiger partial charge in [0.15, 0.2) is 0 Å². The van der Waals surface area contributed by atoms with Crippen LogP contribution in [0, 0.1) is 11.6 Å². The average Bonchev–Trinajstić information content (AvgIpc) is 2.81. The molecule has 0 saturated carbocycles. The number of nitrogens with zero attached hydrogens (tertiary/aromatic N) is 2. The van der Waals surface area contributed by atoms with E-state index in [4.69, 9.17) is 14.2 Å². The van der Waals surface area contributed by atoms with Crippen molar-refractivity contribution in [1.82, 2.24) is 9.80 Å². The van der Waals surface area contributed by atoms with Crippen LogP contribution < -0.4 is 0 Å². The molecule has 0 radical (unpaired) electrons. The molecule has 0 bridgehead atoms. The van der Waals surface area contributed by atoms with E-state index in [9.17, 15) is 8.78 Å². The first-order valence-corrected chi connectivity index (χ1v) is 11.4. The molecule has 1 saturated heterocycles. The number of ether oxygens (including phenoxy) is 3. The van der Waals surface area contributed by atoms with Crippen LogP contribution in [0.15, 0.2) is 48.5 Å². The molecular weight excluding hydrogens is 414 g/mol. The first-order valence-electron chi connectivity index (χ1n) is 11.4. The Morgan fingerprint density at radius 3 is 1.66 bits per heavy atom. The Labute approximate surface area is 189 Å². The van der Waals surface area contributed by atoms with Crippen molar-refractivity contribution in [3.63, 3.8) is 0 Å². The molecule has 2 aromatic rings. The highest BCUT2D eigenvalue weighted by Crippen LogP contribution is 2.26. The van der Waals surface area contributed by atoms with Crippen molar-refractivity contribution in [3.05, 3.63) is 71.3 Å².